The van der Waals surface area contributed by atoms with Crippen molar-refractivity contribution in [2.75, 3.05) is 13.1 Å². The summed E-state index contributed by atoms with van der Waals surface area (Å²) in [5.74, 6) is -0.181. The van der Waals surface area contributed by atoms with Gasteiger partial charge >= 0.3 is 6.03 Å². The van der Waals surface area contributed by atoms with Gasteiger partial charge in [-0.15, -0.1) is 0 Å². The number of hydrogen-bond acceptors (Lipinski definition) is 5. The van der Waals surface area contributed by atoms with Gasteiger partial charge in [-0.05, 0) is 94.3 Å². The van der Waals surface area contributed by atoms with Gasteiger partial charge < -0.3 is 15.5 Å². The Morgan fingerprint density at radius 2 is 1.86 bits per heavy atom. The van der Waals surface area contributed by atoms with E-state index in [4.69, 9.17) is 0 Å². The largest absolute Gasteiger partial charge is 0.508 e. The van der Waals surface area contributed by atoms with Gasteiger partial charge in [0.05, 0.1) is 5.60 Å². The standard InChI is InChI=1S/C28H35N3O4/c1-19-10-11-22(32)17-23(19)26-14-16-31(15-6-9-21-7-4-3-5-8-21)20(2)28(26,35)13-12-27(18-26)24(33)29-25(34)30-27/h3-5,7-8,10-11,17,20,32,35H,6,9,12-16,18H2,1-2H3,(H2,29,30,33,34). The number of aromatic hydroxyl groups is 1. The minimum atomic E-state index is -1.12. The van der Waals surface area contributed by atoms with Gasteiger partial charge in [0, 0.05) is 11.5 Å². The molecule has 3 fully saturated rings. The van der Waals surface area contributed by atoms with Gasteiger partial charge in [0.15, 0.2) is 0 Å². The van der Waals surface area contributed by atoms with Crippen LogP contribution in [0.2, 0.25) is 0 Å². The lowest BCUT2D eigenvalue weighted by Gasteiger charge is -2.62. The number of nitrogens with one attached hydrogen (secondary N) is 2. The summed E-state index contributed by atoms with van der Waals surface area (Å²) in [6.07, 6.45) is 3.67. The summed E-state index contributed by atoms with van der Waals surface area (Å²) < 4.78 is 0. The summed E-state index contributed by atoms with van der Waals surface area (Å²) in [7, 11) is 0. The van der Waals surface area contributed by atoms with Crippen molar-refractivity contribution in [3.05, 3.63) is 65.2 Å². The predicted octanol–water partition coefficient (Wildman–Crippen LogP) is 3.16. The van der Waals surface area contributed by atoms with Crippen molar-refractivity contribution in [1.29, 1.82) is 0 Å². The monoisotopic (exact) mass is 477 g/mol. The Morgan fingerprint density at radius 1 is 1.09 bits per heavy atom. The molecule has 2 heterocycles. The van der Waals surface area contributed by atoms with Crippen molar-refractivity contribution in [1.82, 2.24) is 15.5 Å². The molecule has 4 N–H and O–H groups in total. The fourth-order valence-corrected chi connectivity index (χ4v) is 7.00. The smallest absolute Gasteiger partial charge is 0.322 e. The molecule has 186 valence electrons. The molecule has 1 saturated carbocycles. The van der Waals surface area contributed by atoms with Crippen LogP contribution in [-0.2, 0) is 16.6 Å². The fraction of sp³-hybridized carbons (Fsp3) is 0.500. The van der Waals surface area contributed by atoms with Crippen LogP contribution in [0.1, 0.15) is 55.7 Å². The number of aliphatic hydroxyl groups is 1. The number of piperidine rings is 1. The van der Waals surface area contributed by atoms with E-state index in [2.05, 4.69) is 46.7 Å². The van der Waals surface area contributed by atoms with E-state index in [1.54, 1.807) is 12.1 Å². The third-order valence-corrected chi connectivity index (χ3v) is 8.93. The number of fused-ring (bicyclic) bond motifs is 1. The second kappa shape index (κ2) is 8.64. The van der Waals surface area contributed by atoms with Crippen LogP contribution < -0.4 is 10.6 Å². The van der Waals surface area contributed by atoms with Crippen molar-refractivity contribution >= 4 is 11.9 Å². The lowest BCUT2D eigenvalue weighted by atomic mass is 9.49. The van der Waals surface area contributed by atoms with E-state index in [-0.39, 0.29) is 17.7 Å². The summed E-state index contributed by atoms with van der Waals surface area (Å²) in [4.78, 5) is 27.4. The molecular formula is C28H35N3O4. The van der Waals surface area contributed by atoms with E-state index < -0.39 is 22.6 Å². The topological polar surface area (TPSA) is 102 Å². The Bertz CT molecular complexity index is 1140. The van der Waals surface area contributed by atoms with Crippen LogP contribution >= 0.6 is 0 Å². The molecule has 5 rings (SSSR count). The van der Waals surface area contributed by atoms with Crippen molar-refractivity contribution < 1.29 is 19.8 Å². The van der Waals surface area contributed by atoms with Crippen LogP contribution in [0.4, 0.5) is 4.79 Å². The zero-order valence-corrected chi connectivity index (χ0v) is 20.5. The molecule has 1 spiro atoms. The third kappa shape index (κ3) is 3.81. The average molecular weight is 478 g/mol. The number of hydrogen-bond donors (Lipinski definition) is 4. The highest BCUT2D eigenvalue weighted by Gasteiger charge is 2.66. The highest BCUT2D eigenvalue weighted by atomic mass is 16.3. The minimum Gasteiger partial charge on any atom is -0.508 e. The first-order valence-electron chi connectivity index (χ1n) is 12.6. The third-order valence-electron chi connectivity index (χ3n) is 8.93. The van der Waals surface area contributed by atoms with E-state index in [0.29, 0.717) is 25.7 Å². The predicted molar refractivity (Wildman–Crippen MR) is 133 cm³/mol. The van der Waals surface area contributed by atoms with Gasteiger partial charge in [0.25, 0.3) is 5.91 Å². The second-order valence-electron chi connectivity index (χ2n) is 10.7. The summed E-state index contributed by atoms with van der Waals surface area (Å²) in [6.45, 7) is 5.70. The number of phenolic OH excluding ortho intramolecular Hbond substituents is 1. The number of imide groups is 1. The first kappa shape index (κ1) is 23.8. The number of phenols is 1. The van der Waals surface area contributed by atoms with Crippen LogP contribution in [0.15, 0.2) is 48.5 Å². The molecular weight excluding hydrogens is 442 g/mol. The van der Waals surface area contributed by atoms with E-state index in [0.717, 1.165) is 37.1 Å². The number of aryl methyl sites for hydroxylation is 2. The molecule has 0 aromatic heterocycles. The van der Waals surface area contributed by atoms with Crippen LogP contribution in [0.3, 0.4) is 0 Å². The highest BCUT2D eigenvalue weighted by Crippen LogP contribution is 2.57. The molecule has 3 amide bonds. The zero-order chi connectivity index (χ0) is 24.8. The van der Waals surface area contributed by atoms with Crippen molar-refractivity contribution in [2.45, 2.75) is 75.0 Å². The molecule has 7 heteroatoms. The number of urea groups is 1. The molecule has 3 aliphatic rings. The minimum absolute atomic E-state index is 0.139. The van der Waals surface area contributed by atoms with Crippen LogP contribution in [-0.4, -0.2) is 57.3 Å². The molecule has 4 atom stereocenters. The molecule has 1 aliphatic carbocycles. The van der Waals surface area contributed by atoms with Gasteiger partial charge in [0.2, 0.25) is 0 Å². The maximum atomic E-state index is 13.0. The quantitative estimate of drug-likeness (QED) is 0.496. The normalized spacial score (nSPS) is 32.8. The molecule has 0 radical (unpaired) electrons. The second-order valence-corrected chi connectivity index (χ2v) is 10.7. The van der Waals surface area contributed by atoms with Crippen LogP contribution in [0.5, 0.6) is 5.75 Å². The molecule has 0 bridgehead atoms. The number of carbonyl (C=O) groups excluding carboxylic acids is 2. The summed E-state index contributed by atoms with van der Waals surface area (Å²) in [5.41, 5.74) is 0.198. The van der Waals surface area contributed by atoms with Gasteiger partial charge in [-0.1, -0.05) is 36.4 Å². The molecule has 7 nitrogen and oxygen atoms in total. The fourth-order valence-electron chi connectivity index (χ4n) is 7.00. The van der Waals surface area contributed by atoms with Crippen molar-refractivity contribution in [3.63, 3.8) is 0 Å². The maximum Gasteiger partial charge on any atom is 0.322 e. The van der Waals surface area contributed by atoms with Gasteiger partial charge in [-0.3, -0.25) is 15.0 Å². The Hall–Kier alpha value is -2.90. The molecule has 2 aliphatic heterocycles. The van der Waals surface area contributed by atoms with Gasteiger partial charge in [0.1, 0.15) is 11.3 Å². The Labute approximate surface area is 206 Å². The van der Waals surface area contributed by atoms with Crippen molar-refractivity contribution in [2.24, 2.45) is 0 Å². The molecule has 2 aromatic carbocycles. The summed E-state index contributed by atoms with van der Waals surface area (Å²) in [5, 5.41) is 28.2. The lowest BCUT2D eigenvalue weighted by Crippen LogP contribution is -2.73. The molecule has 2 saturated heterocycles. The number of benzene rings is 2. The average Bonchev–Trinajstić information content (AvgIpc) is 3.11. The molecule has 35 heavy (non-hydrogen) atoms. The Kier molecular flexibility index (Phi) is 5.88. The molecule has 2 aromatic rings. The lowest BCUT2D eigenvalue weighted by molar-refractivity contribution is -0.170. The van der Waals surface area contributed by atoms with E-state index in [9.17, 15) is 19.8 Å². The van der Waals surface area contributed by atoms with Crippen LogP contribution in [0.25, 0.3) is 0 Å². The Morgan fingerprint density at radius 3 is 2.57 bits per heavy atom. The van der Waals surface area contributed by atoms with Crippen LogP contribution in [0, 0.1) is 6.92 Å². The number of carbonyl (C=O) groups is 2. The zero-order valence-electron chi connectivity index (χ0n) is 20.5. The van der Waals surface area contributed by atoms with Crippen molar-refractivity contribution in [3.8, 4) is 5.75 Å². The first-order valence-corrected chi connectivity index (χ1v) is 12.6. The summed E-state index contributed by atoms with van der Waals surface area (Å²) >= 11 is 0. The number of nitrogens with zero attached hydrogens (tertiary/aromatic N) is 1. The SMILES string of the molecule is Cc1ccc(O)cc1C12CCN(CCCc3ccccc3)C(C)C1(O)CCC1(C2)NC(=O)NC1=O. The molecule has 4 unspecified atom stereocenters. The maximum absolute atomic E-state index is 13.0. The van der Waals surface area contributed by atoms with E-state index >= 15 is 0 Å². The summed E-state index contributed by atoms with van der Waals surface area (Å²) in [6, 6.07) is 15.1. The van der Waals surface area contributed by atoms with E-state index in [1.807, 2.05) is 19.1 Å². The number of likely N-dealkylation sites (tertiary alicyclic amines) is 1. The van der Waals surface area contributed by atoms with Gasteiger partial charge in [-0.25, -0.2) is 4.79 Å². The first-order chi connectivity index (χ1) is 16.7. The Balaban J connectivity index is 1.47. The number of amides is 3. The van der Waals surface area contributed by atoms with Gasteiger partial charge in [-0.2, -0.15) is 0 Å². The number of rotatable bonds is 5. The van der Waals surface area contributed by atoms with E-state index in [1.165, 1.54) is 5.56 Å². The highest BCUT2D eigenvalue weighted by molar-refractivity contribution is 6.07.